The molecule has 0 saturated heterocycles. The summed E-state index contributed by atoms with van der Waals surface area (Å²) in [5.74, 6) is 2.44. The smallest absolute Gasteiger partial charge is 0.246 e. The Labute approximate surface area is 152 Å². The molecule has 6 heteroatoms. The first-order valence-electron chi connectivity index (χ1n) is 8.59. The summed E-state index contributed by atoms with van der Waals surface area (Å²) in [5.41, 5.74) is 3.43. The third kappa shape index (κ3) is 2.87. The van der Waals surface area contributed by atoms with E-state index < -0.39 is 0 Å². The molecule has 6 nitrogen and oxygen atoms in total. The molecule has 0 aliphatic carbocycles. The number of para-hydroxylation sites is 1. The molecule has 1 aliphatic rings. The van der Waals surface area contributed by atoms with Crippen molar-refractivity contribution in [3.63, 3.8) is 0 Å². The molecule has 0 amide bonds. The van der Waals surface area contributed by atoms with Gasteiger partial charge >= 0.3 is 0 Å². The maximum absolute atomic E-state index is 5.50. The topological polar surface area (TPSA) is 60.6 Å². The molecule has 1 aliphatic heterocycles. The molecule has 1 aromatic heterocycles. The van der Waals surface area contributed by atoms with E-state index in [-0.39, 0.29) is 0 Å². The van der Waals surface area contributed by atoms with Gasteiger partial charge in [-0.05, 0) is 43.2 Å². The standard InChI is InChI=1S/C20H21N3O3/c1-13-10-14-6-4-5-7-16(14)23(13)12-19-21-20(22-26-19)15-8-9-17(24-2)18(11-15)25-3/h4-9,11,13H,10,12H2,1-3H3/t13-/m0/s1. The Morgan fingerprint density at radius 3 is 2.73 bits per heavy atom. The average molecular weight is 351 g/mol. The minimum atomic E-state index is 0.406. The van der Waals surface area contributed by atoms with Crippen LogP contribution < -0.4 is 14.4 Å². The van der Waals surface area contributed by atoms with Crippen LogP contribution in [0.15, 0.2) is 47.0 Å². The van der Waals surface area contributed by atoms with Gasteiger partial charge in [0.25, 0.3) is 0 Å². The monoisotopic (exact) mass is 351 g/mol. The quantitative estimate of drug-likeness (QED) is 0.698. The molecule has 2 heterocycles. The fraction of sp³-hybridized carbons (Fsp3) is 0.300. The highest BCUT2D eigenvalue weighted by atomic mass is 16.5. The van der Waals surface area contributed by atoms with E-state index in [4.69, 9.17) is 14.0 Å². The van der Waals surface area contributed by atoms with Crippen LogP contribution in [0.4, 0.5) is 5.69 Å². The number of anilines is 1. The lowest BCUT2D eigenvalue weighted by atomic mass is 10.1. The molecule has 4 rings (SSSR count). The Morgan fingerprint density at radius 1 is 1.12 bits per heavy atom. The lowest BCUT2D eigenvalue weighted by Gasteiger charge is -2.22. The van der Waals surface area contributed by atoms with Crippen LogP contribution >= 0.6 is 0 Å². The number of rotatable bonds is 5. The lowest BCUT2D eigenvalue weighted by molar-refractivity contribution is 0.355. The van der Waals surface area contributed by atoms with Crippen LogP contribution in [-0.4, -0.2) is 30.4 Å². The zero-order chi connectivity index (χ0) is 18.1. The maximum atomic E-state index is 5.50. The summed E-state index contributed by atoms with van der Waals surface area (Å²) in [7, 11) is 3.22. The van der Waals surface area contributed by atoms with Gasteiger partial charge in [0.2, 0.25) is 11.7 Å². The average Bonchev–Trinajstić information content (AvgIpc) is 3.26. The maximum Gasteiger partial charge on any atom is 0.246 e. The van der Waals surface area contributed by atoms with E-state index in [1.54, 1.807) is 14.2 Å². The molecule has 0 spiro atoms. The normalized spacial score (nSPS) is 15.8. The molecule has 1 atom stereocenters. The van der Waals surface area contributed by atoms with Crippen LogP contribution in [0.3, 0.4) is 0 Å². The first kappa shape index (κ1) is 16.4. The van der Waals surface area contributed by atoms with E-state index in [0.717, 1.165) is 12.0 Å². The summed E-state index contributed by atoms with van der Waals surface area (Å²) in [6, 6.07) is 14.4. The van der Waals surface area contributed by atoms with Crippen LogP contribution in [0.1, 0.15) is 18.4 Å². The summed E-state index contributed by atoms with van der Waals surface area (Å²) in [6.07, 6.45) is 1.03. The fourth-order valence-electron chi connectivity index (χ4n) is 3.43. The van der Waals surface area contributed by atoms with Gasteiger partial charge in [0.05, 0.1) is 20.8 Å². The van der Waals surface area contributed by atoms with Crippen molar-refractivity contribution in [3.05, 3.63) is 53.9 Å². The number of aromatic nitrogens is 2. The highest BCUT2D eigenvalue weighted by molar-refractivity contribution is 5.61. The molecule has 26 heavy (non-hydrogen) atoms. The summed E-state index contributed by atoms with van der Waals surface area (Å²) in [6.45, 7) is 2.81. The summed E-state index contributed by atoms with van der Waals surface area (Å²) in [5, 5.41) is 4.13. The highest BCUT2D eigenvalue weighted by Gasteiger charge is 2.27. The van der Waals surface area contributed by atoms with E-state index in [0.29, 0.717) is 35.8 Å². The van der Waals surface area contributed by atoms with Gasteiger partial charge in [-0.15, -0.1) is 0 Å². The molecule has 0 fully saturated rings. The zero-order valence-corrected chi connectivity index (χ0v) is 15.1. The van der Waals surface area contributed by atoms with Gasteiger partial charge in [-0.2, -0.15) is 4.98 Å². The second kappa shape index (κ2) is 6.71. The van der Waals surface area contributed by atoms with E-state index >= 15 is 0 Å². The van der Waals surface area contributed by atoms with Gasteiger partial charge in [0.1, 0.15) is 0 Å². The number of hydrogen-bond donors (Lipinski definition) is 0. The van der Waals surface area contributed by atoms with Gasteiger partial charge in [-0.3, -0.25) is 0 Å². The second-order valence-electron chi connectivity index (χ2n) is 6.39. The number of hydrogen-bond acceptors (Lipinski definition) is 6. The summed E-state index contributed by atoms with van der Waals surface area (Å²) < 4.78 is 16.1. The fourth-order valence-corrected chi connectivity index (χ4v) is 3.43. The minimum Gasteiger partial charge on any atom is -0.493 e. The van der Waals surface area contributed by atoms with Gasteiger partial charge < -0.3 is 18.9 Å². The third-order valence-corrected chi connectivity index (χ3v) is 4.76. The molecule has 0 unspecified atom stereocenters. The molecule has 0 N–H and O–H groups in total. The zero-order valence-electron chi connectivity index (χ0n) is 15.1. The highest BCUT2D eigenvalue weighted by Crippen LogP contribution is 2.34. The van der Waals surface area contributed by atoms with E-state index in [1.807, 2.05) is 18.2 Å². The van der Waals surface area contributed by atoms with Gasteiger partial charge in [-0.1, -0.05) is 23.4 Å². The predicted octanol–water partition coefficient (Wildman–Crippen LogP) is 3.71. The van der Waals surface area contributed by atoms with E-state index in [1.165, 1.54) is 11.3 Å². The SMILES string of the molecule is COc1ccc(-c2noc(CN3c4ccccc4C[C@@H]3C)n2)cc1OC. The molecule has 134 valence electrons. The molecule has 2 aromatic carbocycles. The van der Waals surface area contributed by atoms with Crippen molar-refractivity contribution < 1.29 is 14.0 Å². The van der Waals surface area contributed by atoms with Gasteiger partial charge in [0.15, 0.2) is 11.5 Å². The van der Waals surface area contributed by atoms with Crippen molar-refractivity contribution in [1.82, 2.24) is 10.1 Å². The minimum absolute atomic E-state index is 0.406. The molecule has 0 saturated carbocycles. The van der Waals surface area contributed by atoms with Crippen LogP contribution in [0.5, 0.6) is 11.5 Å². The molecule has 0 radical (unpaired) electrons. The lowest BCUT2D eigenvalue weighted by Crippen LogP contribution is -2.28. The van der Waals surface area contributed by atoms with Crippen LogP contribution in [-0.2, 0) is 13.0 Å². The molecule has 3 aromatic rings. The van der Waals surface area contributed by atoms with Crippen LogP contribution in [0.25, 0.3) is 11.4 Å². The Balaban J connectivity index is 1.57. The number of nitrogens with zero attached hydrogens (tertiary/aromatic N) is 3. The van der Waals surface area contributed by atoms with Crippen LogP contribution in [0, 0.1) is 0 Å². The van der Waals surface area contributed by atoms with Crippen molar-refractivity contribution in [3.8, 4) is 22.9 Å². The third-order valence-electron chi connectivity index (χ3n) is 4.76. The number of ether oxygens (including phenoxy) is 2. The van der Waals surface area contributed by atoms with Crippen molar-refractivity contribution in [1.29, 1.82) is 0 Å². The Hall–Kier alpha value is -3.02. The largest absolute Gasteiger partial charge is 0.493 e. The first-order chi connectivity index (χ1) is 12.7. The van der Waals surface area contributed by atoms with Crippen molar-refractivity contribution in [2.24, 2.45) is 0 Å². The first-order valence-corrected chi connectivity index (χ1v) is 8.59. The van der Waals surface area contributed by atoms with Crippen molar-refractivity contribution >= 4 is 5.69 Å². The molecule has 0 bridgehead atoms. The van der Waals surface area contributed by atoms with Gasteiger partial charge in [-0.25, -0.2) is 0 Å². The Kier molecular flexibility index (Phi) is 4.24. The number of methoxy groups -OCH3 is 2. The predicted molar refractivity (Wildman–Crippen MR) is 98.6 cm³/mol. The molecular weight excluding hydrogens is 330 g/mol. The van der Waals surface area contributed by atoms with Crippen molar-refractivity contribution in [2.45, 2.75) is 25.9 Å². The summed E-state index contributed by atoms with van der Waals surface area (Å²) in [4.78, 5) is 6.87. The number of fused-ring (bicyclic) bond motifs is 1. The van der Waals surface area contributed by atoms with Crippen molar-refractivity contribution in [2.75, 3.05) is 19.1 Å². The second-order valence-corrected chi connectivity index (χ2v) is 6.39. The van der Waals surface area contributed by atoms with Gasteiger partial charge in [0, 0.05) is 17.3 Å². The van der Waals surface area contributed by atoms with E-state index in [9.17, 15) is 0 Å². The van der Waals surface area contributed by atoms with E-state index in [2.05, 4.69) is 46.2 Å². The Bertz CT molecular complexity index is 922. The molecular formula is C20H21N3O3. The summed E-state index contributed by atoms with van der Waals surface area (Å²) >= 11 is 0. The number of benzene rings is 2. The Morgan fingerprint density at radius 2 is 1.92 bits per heavy atom. The van der Waals surface area contributed by atoms with Crippen LogP contribution in [0.2, 0.25) is 0 Å².